The third-order valence-electron chi connectivity index (χ3n) is 2.74. The summed E-state index contributed by atoms with van der Waals surface area (Å²) < 4.78 is 11.2. The van der Waals surface area contributed by atoms with Crippen LogP contribution >= 0.6 is 15.9 Å². The first-order valence-corrected chi connectivity index (χ1v) is 6.46. The van der Waals surface area contributed by atoms with E-state index in [9.17, 15) is 4.79 Å². The summed E-state index contributed by atoms with van der Waals surface area (Å²) >= 11 is 3.45. The summed E-state index contributed by atoms with van der Waals surface area (Å²) in [5.74, 6) is 1.34. The summed E-state index contributed by atoms with van der Waals surface area (Å²) in [5, 5.41) is 0. The molecule has 1 aromatic carbocycles. The van der Waals surface area contributed by atoms with Crippen molar-refractivity contribution in [3.8, 4) is 5.75 Å². The zero-order chi connectivity index (χ0) is 12.3. The van der Waals surface area contributed by atoms with E-state index in [0.29, 0.717) is 0 Å². The molecule has 4 heteroatoms. The number of methoxy groups -OCH3 is 1. The number of carbonyl (C=O) groups excluding carboxylic acids is 1. The molecule has 0 aliphatic heterocycles. The van der Waals surface area contributed by atoms with Crippen LogP contribution in [0.3, 0.4) is 0 Å². The Balaban J connectivity index is 1.97. The second kappa shape index (κ2) is 5.54. The molecular weight excluding hydrogens is 284 g/mol. The van der Waals surface area contributed by atoms with Crippen molar-refractivity contribution in [2.24, 2.45) is 5.92 Å². The fourth-order valence-electron chi connectivity index (χ4n) is 1.50. The Morgan fingerprint density at radius 2 is 2.24 bits per heavy atom. The molecule has 17 heavy (non-hydrogen) atoms. The van der Waals surface area contributed by atoms with Gasteiger partial charge in [0.1, 0.15) is 5.75 Å². The molecule has 1 saturated carbocycles. The average Bonchev–Trinajstić information content (AvgIpc) is 3.12. The van der Waals surface area contributed by atoms with Crippen LogP contribution in [-0.4, -0.2) is 19.7 Å². The summed E-state index contributed by atoms with van der Waals surface area (Å²) in [6.45, 7) is 0.787. The van der Waals surface area contributed by atoms with Gasteiger partial charge in [-0.25, -0.2) is 0 Å². The first kappa shape index (κ1) is 12.4. The molecule has 0 unspecified atom stereocenters. The molecule has 0 spiro atoms. The molecule has 1 aliphatic rings. The SMILES string of the molecule is COC(=O)Cc1ccc(OCC2CC2)c(Br)c1. The second-order valence-electron chi connectivity index (χ2n) is 4.27. The largest absolute Gasteiger partial charge is 0.492 e. The van der Waals surface area contributed by atoms with E-state index >= 15 is 0 Å². The summed E-state index contributed by atoms with van der Waals surface area (Å²) in [6.07, 6.45) is 2.84. The van der Waals surface area contributed by atoms with Gasteiger partial charge >= 0.3 is 5.97 Å². The van der Waals surface area contributed by atoms with E-state index in [1.54, 1.807) is 0 Å². The minimum atomic E-state index is -0.233. The number of halogens is 1. The van der Waals surface area contributed by atoms with Gasteiger partial charge in [0.2, 0.25) is 0 Å². The highest BCUT2D eigenvalue weighted by Gasteiger charge is 2.22. The summed E-state index contributed by atoms with van der Waals surface area (Å²) in [4.78, 5) is 11.1. The third kappa shape index (κ3) is 3.73. The van der Waals surface area contributed by atoms with E-state index < -0.39 is 0 Å². The van der Waals surface area contributed by atoms with Gasteiger partial charge in [-0.2, -0.15) is 0 Å². The fourth-order valence-corrected chi connectivity index (χ4v) is 2.04. The highest BCUT2D eigenvalue weighted by molar-refractivity contribution is 9.10. The Morgan fingerprint density at radius 1 is 1.47 bits per heavy atom. The van der Waals surface area contributed by atoms with E-state index in [0.717, 1.165) is 28.3 Å². The van der Waals surface area contributed by atoms with Crippen LogP contribution in [-0.2, 0) is 16.0 Å². The van der Waals surface area contributed by atoms with Crippen LogP contribution in [0.15, 0.2) is 22.7 Å². The zero-order valence-electron chi connectivity index (χ0n) is 9.74. The molecule has 0 bridgehead atoms. The number of esters is 1. The van der Waals surface area contributed by atoms with E-state index in [-0.39, 0.29) is 12.4 Å². The van der Waals surface area contributed by atoms with Crippen LogP contribution in [0.1, 0.15) is 18.4 Å². The summed E-state index contributed by atoms with van der Waals surface area (Å²) in [7, 11) is 1.39. The Morgan fingerprint density at radius 3 is 2.82 bits per heavy atom. The smallest absolute Gasteiger partial charge is 0.309 e. The maximum absolute atomic E-state index is 11.1. The molecule has 0 aromatic heterocycles. The lowest BCUT2D eigenvalue weighted by molar-refractivity contribution is -0.139. The highest BCUT2D eigenvalue weighted by Crippen LogP contribution is 2.32. The molecular formula is C13H15BrO3. The van der Waals surface area contributed by atoms with Crippen LogP contribution in [0.4, 0.5) is 0 Å². The zero-order valence-corrected chi connectivity index (χ0v) is 11.3. The van der Waals surface area contributed by atoms with E-state index in [2.05, 4.69) is 20.7 Å². The predicted molar refractivity (Wildman–Crippen MR) is 68.1 cm³/mol. The van der Waals surface area contributed by atoms with Crippen LogP contribution in [0.25, 0.3) is 0 Å². The van der Waals surface area contributed by atoms with Crippen LogP contribution < -0.4 is 4.74 Å². The standard InChI is InChI=1S/C13H15BrO3/c1-16-13(15)7-10-4-5-12(11(14)6-10)17-8-9-2-3-9/h4-6,9H,2-3,7-8H2,1H3. The Hall–Kier alpha value is -1.03. The molecule has 0 N–H and O–H groups in total. The van der Waals surface area contributed by atoms with Crippen molar-refractivity contribution >= 4 is 21.9 Å². The molecule has 0 amide bonds. The monoisotopic (exact) mass is 298 g/mol. The van der Waals surface area contributed by atoms with Gasteiger partial charge in [0.25, 0.3) is 0 Å². The van der Waals surface area contributed by atoms with E-state index in [1.807, 2.05) is 18.2 Å². The van der Waals surface area contributed by atoms with Gasteiger partial charge in [-0.15, -0.1) is 0 Å². The maximum Gasteiger partial charge on any atom is 0.309 e. The molecule has 0 atom stereocenters. The Labute approximate surface area is 109 Å². The summed E-state index contributed by atoms with van der Waals surface area (Å²) in [5.41, 5.74) is 0.919. The first-order chi connectivity index (χ1) is 8.19. The van der Waals surface area contributed by atoms with Crippen molar-refractivity contribution in [3.05, 3.63) is 28.2 Å². The Kier molecular flexibility index (Phi) is 4.05. The quantitative estimate of drug-likeness (QED) is 0.784. The maximum atomic E-state index is 11.1. The van der Waals surface area contributed by atoms with Crippen molar-refractivity contribution in [2.75, 3.05) is 13.7 Å². The molecule has 2 rings (SSSR count). The molecule has 1 aliphatic carbocycles. The lowest BCUT2D eigenvalue weighted by Gasteiger charge is -2.08. The van der Waals surface area contributed by atoms with E-state index in [4.69, 9.17) is 4.74 Å². The van der Waals surface area contributed by atoms with Gasteiger partial charge in [-0.05, 0) is 52.4 Å². The predicted octanol–water partition coefficient (Wildman–Crippen LogP) is 2.95. The minimum Gasteiger partial charge on any atom is -0.492 e. The second-order valence-corrected chi connectivity index (χ2v) is 5.13. The lowest BCUT2D eigenvalue weighted by Crippen LogP contribution is -2.05. The van der Waals surface area contributed by atoms with Gasteiger partial charge in [0, 0.05) is 0 Å². The van der Waals surface area contributed by atoms with Crippen molar-refractivity contribution in [2.45, 2.75) is 19.3 Å². The van der Waals surface area contributed by atoms with Crippen molar-refractivity contribution in [3.63, 3.8) is 0 Å². The highest BCUT2D eigenvalue weighted by atomic mass is 79.9. The summed E-state index contributed by atoms with van der Waals surface area (Å²) in [6, 6.07) is 5.69. The number of ether oxygens (including phenoxy) is 2. The normalized spacial score (nSPS) is 14.5. The molecule has 1 aromatic rings. The molecule has 92 valence electrons. The van der Waals surface area contributed by atoms with Crippen molar-refractivity contribution in [1.29, 1.82) is 0 Å². The van der Waals surface area contributed by atoms with Gasteiger partial charge in [-0.3, -0.25) is 4.79 Å². The number of carbonyl (C=O) groups is 1. The molecule has 0 heterocycles. The number of hydrogen-bond acceptors (Lipinski definition) is 3. The minimum absolute atomic E-state index is 0.233. The number of benzene rings is 1. The van der Waals surface area contributed by atoms with Gasteiger partial charge in [0.15, 0.2) is 0 Å². The van der Waals surface area contributed by atoms with Gasteiger partial charge < -0.3 is 9.47 Å². The van der Waals surface area contributed by atoms with E-state index in [1.165, 1.54) is 20.0 Å². The Bertz CT molecular complexity index is 413. The lowest BCUT2D eigenvalue weighted by atomic mass is 10.1. The molecule has 1 fully saturated rings. The first-order valence-electron chi connectivity index (χ1n) is 5.67. The molecule has 3 nitrogen and oxygen atoms in total. The van der Waals surface area contributed by atoms with Crippen LogP contribution in [0.5, 0.6) is 5.75 Å². The van der Waals surface area contributed by atoms with Gasteiger partial charge in [0.05, 0.1) is 24.6 Å². The van der Waals surface area contributed by atoms with Crippen LogP contribution in [0.2, 0.25) is 0 Å². The molecule has 0 saturated heterocycles. The third-order valence-corrected chi connectivity index (χ3v) is 3.36. The molecule has 0 radical (unpaired) electrons. The topological polar surface area (TPSA) is 35.5 Å². The number of rotatable bonds is 5. The fraction of sp³-hybridized carbons (Fsp3) is 0.462. The van der Waals surface area contributed by atoms with Crippen LogP contribution in [0, 0.1) is 5.92 Å². The average molecular weight is 299 g/mol. The number of hydrogen-bond donors (Lipinski definition) is 0. The van der Waals surface area contributed by atoms with Crippen molar-refractivity contribution in [1.82, 2.24) is 0 Å². The van der Waals surface area contributed by atoms with Gasteiger partial charge in [-0.1, -0.05) is 6.07 Å². The van der Waals surface area contributed by atoms with Crippen molar-refractivity contribution < 1.29 is 14.3 Å².